The molecule has 0 unspecified atom stereocenters. The van der Waals surface area contributed by atoms with Gasteiger partial charge in [0.05, 0.1) is 4.90 Å². The highest BCUT2D eigenvalue weighted by Crippen LogP contribution is 2.19. The first-order valence-corrected chi connectivity index (χ1v) is 8.61. The van der Waals surface area contributed by atoms with Gasteiger partial charge in [-0.15, -0.1) is 0 Å². The summed E-state index contributed by atoms with van der Waals surface area (Å²) in [5.41, 5.74) is 1.53. The predicted octanol–water partition coefficient (Wildman–Crippen LogP) is 2.15. The molecule has 0 radical (unpaired) electrons. The lowest BCUT2D eigenvalue weighted by molar-refractivity contribution is 0.350. The summed E-state index contributed by atoms with van der Waals surface area (Å²) in [5.74, 6) is 5.39. The Bertz CT molecular complexity index is 621. The molecule has 0 spiro atoms. The van der Waals surface area contributed by atoms with E-state index in [0.717, 1.165) is 24.0 Å². The highest BCUT2D eigenvalue weighted by atomic mass is 32.2. The van der Waals surface area contributed by atoms with Crippen LogP contribution in [0.4, 0.5) is 0 Å². The van der Waals surface area contributed by atoms with Crippen LogP contribution in [0.15, 0.2) is 23.1 Å². The van der Waals surface area contributed by atoms with Gasteiger partial charge in [0.25, 0.3) is 0 Å². The van der Waals surface area contributed by atoms with Gasteiger partial charge in [-0.2, -0.15) is 4.31 Å². The Balaban J connectivity index is 3.16. The van der Waals surface area contributed by atoms with Gasteiger partial charge >= 0.3 is 0 Å². The summed E-state index contributed by atoms with van der Waals surface area (Å²) < 4.78 is 26.8. The van der Waals surface area contributed by atoms with Gasteiger partial charge in [0, 0.05) is 18.7 Å². The van der Waals surface area contributed by atoms with Gasteiger partial charge in [-0.3, -0.25) is 0 Å². The van der Waals surface area contributed by atoms with E-state index in [1.165, 1.54) is 4.31 Å². The molecule has 0 aromatic heterocycles. The van der Waals surface area contributed by atoms with Crippen LogP contribution in [0.3, 0.4) is 0 Å². The first kappa shape index (κ1) is 17.7. The van der Waals surface area contributed by atoms with Crippen molar-refractivity contribution in [2.75, 3.05) is 19.7 Å². The topological polar surface area (TPSA) is 57.6 Å². The minimum Gasteiger partial charge on any atom is -0.384 e. The molecule has 0 saturated carbocycles. The molecule has 0 aliphatic rings. The molecule has 0 atom stereocenters. The van der Waals surface area contributed by atoms with Crippen LogP contribution >= 0.6 is 0 Å². The number of sulfonamides is 1. The summed E-state index contributed by atoms with van der Waals surface area (Å²) in [5, 5.41) is 8.72. The van der Waals surface area contributed by atoms with Crippen molar-refractivity contribution < 1.29 is 13.5 Å². The highest BCUT2D eigenvalue weighted by molar-refractivity contribution is 7.89. The zero-order valence-corrected chi connectivity index (χ0v) is 13.7. The second-order valence-electron chi connectivity index (χ2n) is 4.84. The standard InChI is InChI=1S/C16H23NO3S/c1-4-10-17(11-5-2)21(19,20)16-9-8-15(7-6-12-18)14(3)13-16/h8-9,13,18H,4-5,10-12H2,1-3H3. The lowest BCUT2D eigenvalue weighted by Gasteiger charge is -2.21. The molecule has 0 aliphatic carbocycles. The maximum absolute atomic E-state index is 12.6. The van der Waals surface area contributed by atoms with Crippen LogP contribution in [0, 0.1) is 18.8 Å². The molecule has 116 valence electrons. The average Bonchev–Trinajstić information content (AvgIpc) is 2.45. The fourth-order valence-corrected chi connectivity index (χ4v) is 3.78. The van der Waals surface area contributed by atoms with Gasteiger partial charge in [-0.1, -0.05) is 25.7 Å². The molecule has 0 bridgehead atoms. The van der Waals surface area contributed by atoms with Crippen molar-refractivity contribution in [3.8, 4) is 11.8 Å². The molecule has 0 fully saturated rings. The van der Waals surface area contributed by atoms with E-state index in [1.807, 2.05) is 20.8 Å². The summed E-state index contributed by atoms with van der Waals surface area (Å²) in [4.78, 5) is 0.302. The van der Waals surface area contributed by atoms with Crippen molar-refractivity contribution in [3.63, 3.8) is 0 Å². The van der Waals surface area contributed by atoms with E-state index in [-0.39, 0.29) is 6.61 Å². The van der Waals surface area contributed by atoms with Gasteiger partial charge in [0.15, 0.2) is 0 Å². The first-order valence-electron chi connectivity index (χ1n) is 7.17. The monoisotopic (exact) mass is 309 g/mol. The third-order valence-electron chi connectivity index (χ3n) is 3.08. The molecule has 5 heteroatoms. The minimum absolute atomic E-state index is 0.208. The number of aliphatic hydroxyl groups is 1. The van der Waals surface area contributed by atoms with Gasteiger partial charge in [0.1, 0.15) is 6.61 Å². The van der Waals surface area contributed by atoms with E-state index in [0.29, 0.717) is 18.0 Å². The third-order valence-corrected chi connectivity index (χ3v) is 4.98. The Morgan fingerprint density at radius 1 is 1.19 bits per heavy atom. The van der Waals surface area contributed by atoms with Crippen LogP contribution in [0.2, 0.25) is 0 Å². The molecule has 1 aromatic carbocycles. The molecule has 0 saturated heterocycles. The van der Waals surface area contributed by atoms with Crippen LogP contribution < -0.4 is 0 Å². The van der Waals surface area contributed by atoms with Crippen molar-refractivity contribution in [2.45, 2.75) is 38.5 Å². The van der Waals surface area contributed by atoms with Crippen LogP contribution in [-0.2, 0) is 10.0 Å². The van der Waals surface area contributed by atoms with Gasteiger partial charge in [0.2, 0.25) is 10.0 Å². The summed E-state index contributed by atoms with van der Waals surface area (Å²) in [7, 11) is -3.45. The van der Waals surface area contributed by atoms with Crippen LogP contribution in [0.25, 0.3) is 0 Å². The number of benzene rings is 1. The minimum atomic E-state index is -3.45. The molecular weight excluding hydrogens is 286 g/mol. The lowest BCUT2D eigenvalue weighted by Crippen LogP contribution is -2.32. The lowest BCUT2D eigenvalue weighted by atomic mass is 10.1. The Kier molecular flexibility index (Phi) is 6.90. The van der Waals surface area contributed by atoms with Crippen molar-refractivity contribution >= 4 is 10.0 Å². The number of rotatable bonds is 6. The molecule has 1 aromatic rings. The van der Waals surface area contributed by atoms with Crippen molar-refractivity contribution in [1.82, 2.24) is 4.31 Å². The zero-order chi connectivity index (χ0) is 15.9. The molecular formula is C16H23NO3S. The molecule has 21 heavy (non-hydrogen) atoms. The molecule has 1 N–H and O–H groups in total. The summed E-state index contributed by atoms with van der Waals surface area (Å²) in [6, 6.07) is 4.93. The largest absolute Gasteiger partial charge is 0.384 e. The average molecular weight is 309 g/mol. The molecule has 1 rings (SSSR count). The Morgan fingerprint density at radius 3 is 2.29 bits per heavy atom. The van der Waals surface area contributed by atoms with E-state index >= 15 is 0 Å². The number of hydrogen-bond acceptors (Lipinski definition) is 3. The number of aryl methyl sites for hydroxylation is 1. The second kappa shape index (κ2) is 8.18. The van der Waals surface area contributed by atoms with Crippen molar-refractivity contribution in [1.29, 1.82) is 0 Å². The van der Waals surface area contributed by atoms with E-state index in [4.69, 9.17) is 5.11 Å². The van der Waals surface area contributed by atoms with Gasteiger partial charge in [-0.05, 0) is 43.5 Å². The SMILES string of the molecule is CCCN(CCC)S(=O)(=O)c1ccc(C#CCO)c(C)c1. The van der Waals surface area contributed by atoms with E-state index in [1.54, 1.807) is 18.2 Å². The van der Waals surface area contributed by atoms with Gasteiger partial charge < -0.3 is 5.11 Å². The smallest absolute Gasteiger partial charge is 0.243 e. The maximum atomic E-state index is 12.6. The number of aliphatic hydroxyl groups excluding tert-OH is 1. The van der Waals surface area contributed by atoms with Crippen LogP contribution in [0.5, 0.6) is 0 Å². The normalized spacial score (nSPS) is 11.3. The van der Waals surface area contributed by atoms with E-state index in [9.17, 15) is 8.42 Å². The predicted molar refractivity (Wildman–Crippen MR) is 84.5 cm³/mol. The highest BCUT2D eigenvalue weighted by Gasteiger charge is 2.23. The van der Waals surface area contributed by atoms with E-state index < -0.39 is 10.0 Å². The van der Waals surface area contributed by atoms with Crippen molar-refractivity contribution in [3.05, 3.63) is 29.3 Å². The maximum Gasteiger partial charge on any atom is 0.243 e. The third kappa shape index (κ3) is 4.57. The van der Waals surface area contributed by atoms with Crippen LogP contribution in [-0.4, -0.2) is 37.5 Å². The Morgan fingerprint density at radius 2 is 1.81 bits per heavy atom. The zero-order valence-electron chi connectivity index (χ0n) is 12.9. The second-order valence-corrected chi connectivity index (χ2v) is 6.78. The Labute approximate surface area is 127 Å². The summed E-state index contributed by atoms with van der Waals surface area (Å²) in [6.45, 7) is 6.61. The molecule has 0 amide bonds. The number of hydrogen-bond donors (Lipinski definition) is 1. The van der Waals surface area contributed by atoms with Crippen molar-refractivity contribution in [2.24, 2.45) is 0 Å². The van der Waals surface area contributed by atoms with Crippen LogP contribution in [0.1, 0.15) is 37.8 Å². The quantitative estimate of drug-likeness (QED) is 0.819. The number of nitrogens with zero attached hydrogens (tertiary/aromatic N) is 1. The first-order chi connectivity index (χ1) is 9.97. The Hall–Kier alpha value is -1.35. The van der Waals surface area contributed by atoms with E-state index in [2.05, 4.69) is 11.8 Å². The summed E-state index contributed by atoms with van der Waals surface area (Å²) >= 11 is 0. The fourth-order valence-electron chi connectivity index (χ4n) is 2.07. The summed E-state index contributed by atoms with van der Waals surface area (Å²) in [6.07, 6.45) is 1.58. The molecule has 0 heterocycles. The molecule has 4 nitrogen and oxygen atoms in total. The van der Waals surface area contributed by atoms with Gasteiger partial charge in [-0.25, -0.2) is 8.42 Å². The molecule has 0 aliphatic heterocycles. The fraction of sp³-hybridized carbons (Fsp3) is 0.500.